The van der Waals surface area contributed by atoms with E-state index in [2.05, 4.69) is 20.3 Å². The molecule has 0 spiro atoms. The molecule has 2 aromatic rings. The minimum Gasteiger partial charge on any atom is -0.343 e. The third kappa shape index (κ3) is 1.87. The summed E-state index contributed by atoms with van der Waals surface area (Å²) >= 11 is 0. The van der Waals surface area contributed by atoms with Gasteiger partial charge in [0.2, 0.25) is 6.39 Å². The number of aromatic amines is 1. The van der Waals surface area contributed by atoms with Crippen LogP contribution in [0.3, 0.4) is 0 Å². The second-order valence-electron chi connectivity index (χ2n) is 4.46. The quantitative estimate of drug-likeness (QED) is 0.845. The van der Waals surface area contributed by atoms with E-state index in [0.717, 1.165) is 12.1 Å². The highest BCUT2D eigenvalue weighted by Gasteiger charge is 2.31. The van der Waals surface area contributed by atoms with Gasteiger partial charge in [0, 0.05) is 24.7 Å². The van der Waals surface area contributed by atoms with Crippen LogP contribution in [0.2, 0.25) is 0 Å². The first-order chi connectivity index (χ1) is 8.74. The van der Waals surface area contributed by atoms with Crippen molar-refractivity contribution in [1.82, 2.24) is 25.2 Å². The number of H-pyrrole nitrogens is 1. The smallest absolute Gasteiger partial charge is 0.274 e. The lowest BCUT2D eigenvalue weighted by Crippen LogP contribution is -2.28. The minimum absolute atomic E-state index is 0.0506. The zero-order valence-electron chi connectivity index (χ0n) is 9.96. The Kier molecular flexibility index (Phi) is 2.58. The van der Waals surface area contributed by atoms with Gasteiger partial charge in [-0.1, -0.05) is 5.16 Å². The number of carbonyl (C=O) groups is 1. The predicted molar refractivity (Wildman–Crippen MR) is 60.9 cm³/mol. The standard InChI is InChI=1S/C11H13N5O2/c1-7-4-9(14-13-7)11(17)16-3-2-8(5-16)10-12-6-18-15-10/h4,6,8H,2-3,5H2,1H3,(H,13,14)/t8-/m0/s1. The molecule has 94 valence electrons. The molecule has 1 fully saturated rings. The molecule has 0 saturated carbocycles. The Hall–Kier alpha value is -2.18. The number of carbonyl (C=O) groups excluding carboxylic acids is 1. The second-order valence-corrected chi connectivity index (χ2v) is 4.46. The summed E-state index contributed by atoms with van der Waals surface area (Å²) in [6.45, 7) is 3.18. The first kappa shape index (κ1) is 10.9. The fraction of sp³-hybridized carbons (Fsp3) is 0.455. The van der Waals surface area contributed by atoms with Crippen molar-refractivity contribution >= 4 is 5.91 Å². The van der Waals surface area contributed by atoms with E-state index in [1.54, 1.807) is 11.0 Å². The summed E-state index contributed by atoms with van der Waals surface area (Å²) in [4.78, 5) is 18.0. The van der Waals surface area contributed by atoms with Gasteiger partial charge in [-0.3, -0.25) is 9.89 Å². The van der Waals surface area contributed by atoms with E-state index >= 15 is 0 Å². The van der Waals surface area contributed by atoms with Crippen LogP contribution >= 0.6 is 0 Å². The maximum Gasteiger partial charge on any atom is 0.274 e. The van der Waals surface area contributed by atoms with Crippen LogP contribution in [0.15, 0.2) is 17.0 Å². The molecule has 7 heteroatoms. The largest absolute Gasteiger partial charge is 0.343 e. The van der Waals surface area contributed by atoms with Crippen molar-refractivity contribution in [2.45, 2.75) is 19.3 Å². The van der Waals surface area contributed by atoms with Crippen molar-refractivity contribution in [1.29, 1.82) is 0 Å². The molecule has 0 aliphatic carbocycles. The molecule has 2 aromatic heterocycles. The maximum absolute atomic E-state index is 12.2. The molecule has 0 radical (unpaired) electrons. The number of aromatic nitrogens is 4. The van der Waals surface area contributed by atoms with Gasteiger partial charge in [0.15, 0.2) is 5.82 Å². The van der Waals surface area contributed by atoms with Crippen molar-refractivity contribution in [2.24, 2.45) is 0 Å². The zero-order chi connectivity index (χ0) is 12.5. The number of hydrogen-bond donors (Lipinski definition) is 1. The molecule has 1 aliphatic heterocycles. The van der Waals surface area contributed by atoms with Crippen LogP contribution in [0.4, 0.5) is 0 Å². The monoisotopic (exact) mass is 247 g/mol. The van der Waals surface area contributed by atoms with Gasteiger partial charge >= 0.3 is 0 Å². The van der Waals surface area contributed by atoms with E-state index in [1.807, 2.05) is 6.92 Å². The molecular formula is C11H13N5O2. The van der Waals surface area contributed by atoms with Gasteiger partial charge in [-0.15, -0.1) is 0 Å². The molecule has 1 N–H and O–H groups in total. The summed E-state index contributed by atoms with van der Waals surface area (Å²) in [5.74, 6) is 0.779. The Morgan fingerprint density at radius 1 is 1.61 bits per heavy atom. The third-order valence-corrected chi connectivity index (χ3v) is 3.14. The lowest BCUT2D eigenvalue weighted by atomic mass is 10.1. The number of aryl methyl sites for hydroxylation is 1. The van der Waals surface area contributed by atoms with E-state index in [4.69, 9.17) is 4.52 Å². The minimum atomic E-state index is -0.0506. The molecule has 1 aliphatic rings. The average Bonchev–Trinajstić information content (AvgIpc) is 3.09. The van der Waals surface area contributed by atoms with Gasteiger partial charge in [-0.2, -0.15) is 10.1 Å². The van der Waals surface area contributed by atoms with Gasteiger partial charge in [-0.25, -0.2) is 0 Å². The van der Waals surface area contributed by atoms with Crippen LogP contribution in [0, 0.1) is 6.92 Å². The first-order valence-electron chi connectivity index (χ1n) is 5.81. The fourth-order valence-electron chi connectivity index (χ4n) is 2.20. The molecule has 18 heavy (non-hydrogen) atoms. The Morgan fingerprint density at radius 2 is 2.50 bits per heavy atom. The fourth-order valence-corrected chi connectivity index (χ4v) is 2.20. The maximum atomic E-state index is 12.2. The van der Waals surface area contributed by atoms with Crippen LogP contribution in [0.25, 0.3) is 0 Å². The summed E-state index contributed by atoms with van der Waals surface area (Å²) in [5, 5.41) is 10.6. The lowest BCUT2D eigenvalue weighted by molar-refractivity contribution is 0.0784. The molecule has 0 unspecified atom stereocenters. The summed E-state index contributed by atoms with van der Waals surface area (Å²) in [7, 11) is 0. The highest BCUT2D eigenvalue weighted by Crippen LogP contribution is 2.25. The summed E-state index contributed by atoms with van der Waals surface area (Å²) in [6, 6.07) is 1.75. The highest BCUT2D eigenvalue weighted by atomic mass is 16.5. The predicted octanol–water partition coefficient (Wildman–Crippen LogP) is 0.731. The van der Waals surface area contributed by atoms with Crippen LogP contribution < -0.4 is 0 Å². The van der Waals surface area contributed by atoms with Gasteiger partial charge in [0.25, 0.3) is 5.91 Å². The highest BCUT2D eigenvalue weighted by molar-refractivity contribution is 5.92. The van der Waals surface area contributed by atoms with Crippen molar-refractivity contribution in [2.75, 3.05) is 13.1 Å². The SMILES string of the molecule is Cc1cc(C(=O)N2CC[C@H](c3ncon3)C2)n[nH]1. The number of nitrogens with one attached hydrogen (secondary N) is 1. The van der Waals surface area contributed by atoms with E-state index in [0.29, 0.717) is 24.6 Å². The van der Waals surface area contributed by atoms with Crippen LogP contribution in [-0.2, 0) is 0 Å². The normalized spacial score (nSPS) is 19.4. The zero-order valence-corrected chi connectivity index (χ0v) is 9.96. The Morgan fingerprint density at radius 3 is 3.17 bits per heavy atom. The second kappa shape index (κ2) is 4.25. The Labute approximate surface area is 103 Å². The van der Waals surface area contributed by atoms with Gasteiger partial charge in [0.1, 0.15) is 5.69 Å². The number of rotatable bonds is 2. The van der Waals surface area contributed by atoms with Gasteiger partial charge < -0.3 is 9.42 Å². The van der Waals surface area contributed by atoms with Crippen LogP contribution in [0.5, 0.6) is 0 Å². The molecule has 0 bridgehead atoms. The number of nitrogens with zero attached hydrogens (tertiary/aromatic N) is 4. The van der Waals surface area contributed by atoms with Crippen LogP contribution in [-0.4, -0.2) is 44.2 Å². The molecule has 1 saturated heterocycles. The molecule has 7 nitrogen and oxygen atoms in total. The molecule has 1 atom stereocenters. The third-order valence-electron chi connectivity index (χ3n) is 3.14. The molecule has 3 heterocycles. The van der Waals surface area contributed by atoms with Crippen LogP contribution in [0.1, 0.15) is 34.3 Å². The van der Waals surface area contributed by atoms with E-state index in [9.17, 15) is 4.79 Å². The van der Waals surface area contributed by atoms with Crippen molar-refractivity contribution in [3.05, 3.63) is 29.7 Å². The Bertz CT molecular complexity index is 548. The number of likely N-dealkylation sites (tertiary alicyclic amines) is 1. The van der Waals surface area contributed by atoms with Crippen molar-refractivity contribution in [3.63, 3.8) is 0 Å². The van der Waals surface area contributed by atoms with Gasteiger partial charge in [-0.05, 0) is 19.4 Å². The summed E-state index contributed by atoms with van der Waals surface area (Å²) < 4.78 is 4.73. The van der Waals surface area contributed by atoms with Crippen molar-refractivity contribution < 1.29 is 9.32 Å². The van der Waals surface area contributed by atoms with Crippen molar-refractivity contribution in [3.8, 4) is 0 Å². The first-order valence-corrected chi connectivity index (χ1v) is 5.81. The molecular weight excluding hydrogens is 234 g/mol. The van der Waals surface area contributed by atoms with Gasteiger partial charge in [0.05, 0.1) is 0 Å². The average molecular weight is 247 g/mol. The topological polar surface area (TPSA) is 87.9 Å². The summed E-state index contributed by atoms with van der Waals surface area (Å²) in [5.41, 5.74) is 1.34. The molecule has 1 amide bonds. The molecule has 3 rings (SSSR count). The number of hydrogen-bond acceptors (Lipinski definition) is 5. The van der Waals surface area contributed by atoms with E-state index in [-0.39, 0.29) is 11.8 Å². The lowest BCUT2D eigenvalue weighted by Gasteiger charge is -2.13. The summed E-state index contributed by atoms with van der Waals surface area (Å²) in [6.07, 6.45) is 2.17. The van der Waals surface area contributed by atoms with E-state index < -0.39 is 0 Å². The number of amides is 1. The Balaban J connectivity index is 1.70. The van der Waals surface area contributed by atoms with E-state index in [1.165, 1.54) is 6.39 Å². The molecule has 0 aromatic carbocycles.